The van der Waals surface area contributed by atoms with Crippen molar-refractivity contribution in [3.63, 3.8) is 0 Å². The van der Waals surface area contributed by atoms with Crippen LogP contribution in [0.15, 0.2) is 60.7 Å². The predicted octanol–water partition coefficient (Wildman–Crippen LogP) is 2.58. The molecule has 464 valence electrons. The molecular weight excluding hydrogens is 1070 g/mol. The van der Waals surface area contributed by atoms with Crippen molar-refractivity contribution in [2.45, 2.75) is 194 Å². The Morgan fingerprint density at radius 3 is 1.57 bits per heavy atom. The highest BCUT2D eigenvalue weighted by molar-refractivity contribution is 6.00. The standard InChI is InChI=1S/C62H96N12O10/c1-37(2)31-43-35-52(75)45(23-15-27-63)67-56(78)44(39(5)6)36-53(76)48-25-17-29-71(48)61(83)51(34-42-21-13-10-14-22-42)74(66)60(82)46(32-38(3)4)69-58(80)50(24-16-28-64)73(65)62(84)54(40(7)8)70-57(79)49-26-18-30-72(49)59(81)47(68-55(43)77)33-41-19-11-9-12-20-41/h9-14,19-22,37-40,43-51,54H,15-18,23-36,63-66H2,1-8H3,(H,67,78)(H,68,77)(H,69,80)(H,70,79)/t43-,44+,45+,46+,47-,48+,49+,50+,51-,54+/m1/s1. The second-order valence-electron chi connectivity index (χ2n) is 24.7. The van der Waals surface area contributed by atoms with Crippen molar-refractivity contribution in [2.75, 3.05) is 26.2 Å². The molecule has 0 saturated carbocycles. The Kier molecular flexibility index (Phi) is 26.5. The fourth-order valence-corrected chi connectivity index (χ4v) is 11.8. The molecule has 8 amide bonds. The van der Waals surface area contributed by atoms with E-state index in [0.717, 1.165) is 10.0 Å². The number of hydrogen-bond donors (Lipinski definition) is 8. The van der Waals surface area contributed by atoms with E-state index in [1.165, 1.54) is 9.80 Å². The van der Waals surface area contributed by atoms with E-state index in [1.807, 2.05) is 45.9 Å². The van der Waals surface area contributed by atoms with Gasteiger partial charge in [-0.25, -0.2) is 11.7 Å². The zero-order valence-electron chi connectivity index (χ0n) is 50.8. The van der Waals surface area contributed by atoms with Crippen molar-refractivity contribution in [1.29, 1.82) is 0 Å². The predicted molar refractivity (Wildman–Crippen MR) is 319 cm³/mol. The van der Waals surface area contributed by atoms with Crippen LogP contribution in [0, 0.1) is 35.5 Å². The summed E-state index contributed by atoms with van der Waals surface area (Å²) in [5.74, 6) is 4.03. The quantitative estimate of drug-likeness (QED) is 0.0885. The molecule has 3 aliphatic heterocycles. The minimum absolute atomic E-state index is 0.0402. The van der Waals surface area contributed by atoms with Gasteiger partial charge in [0.1, 0.15) is 36.3 Å². The number of hydrazine groups is 2. The number of ketones is 2. The molecule has 3 heterocycles. The van der Waals surface area contributed by atoms with Crippen LogP contribution in [0.5, 0.6) is 0 Å². The topological polar surface area (TPSA) is 336 Å². The Morgan fingerprint density at radius 2 is 1.01 bits per heavy atom. The fourth-order valence-electron chi connectivity index (χ4n) is 11.8. The molecule has 3 aliphatic rings. The third kappa shape index (κ3) is 18.7. The number of Topliss-reactive ketones (excluding diaryl/α,β-unsaturated/α-hetero) is 2. The molecule has 2 aromatic carbocycles. The number of nitrogens with zero attached hydrogens (tertiary/aromatic N) is 4. The van der Waals surface area contributed by atoms with Gasteiger partial charge in [0.25, 0.3) is 11.8 Å². The van der Waals surface area contributed by atoms with Gasteiger partial charge in [0.15, 0.2) is 11.6 Å². The van der Waals surface area contributed by atoms with Crippen LogP contribution in [-0.2, 0) is 60.8 Å². The summed E-state index contributed by atoms with van der Waals surface area (Å²) < 4.78 is 0. The Labute approximate surface area is 496 Å². The first-order valence-corrected chi connectivity index (χ1v) is 30.4. The summed E-state index contributed by atoms with van der Waals surface area (Å²) in [6.45, 7) is 15.0. The Bertz CT molecular complexity index is 2570. The van der Waals surface area contributed by atoms with Crippen molar-refractivity contribution >= 4 is 58.8 Å². The van der Waals surface area contributed by atoms with Crippen LogP contribution in [0.4, 0.5) is 0 Å². The molecule has 3 fully saturated rings. The van der Waals surface area contributed by atoms with E-state index in [2.05, 4.69) is 21.3 Å². The normalized spacial score (nSPS) is 26.7. The highest BCUT2D eigenvalue weighted by Gasteiger charge is 2.45. The van der Waals surface area contributed by atoms with E-state index in [1.54, 1.807) is 70.2 Å². The SMILES string of the molecule is CC(C)C[C@@H]1CC(=O)[C@H](CCCN)NC(=O)[C@H](C(C)C)CC(=O)[C@@H]2CCCN2C(=O)[C@@H](Cc2ccccc2)N(N)C(=O)[C@H](CC(C)C)NC(=O)[C@H](CCCN)N(N)C(=O)[C@H](C(C)C)NC(=O)[C@@H]2CCCN2C(=O)[C@@H](Cc2ccccc2)NC1=O. The lowest BCUT2D eigenvalue weighted by atomic mass is 9.86. The highest BCUT2D eigenvalue weighted by atomic mass is 16.2. The molecule has 0 spiro atoms. The number of amides is 8. The number of carbonyl (C=O) groups excluding carboxylic acids is 10. The van der Waals surface area contributed by atoms with Crippen molar-refractivity contribution in [3.05, 3.63) is 71.8 Å². The zero-order chi connectivity index (χ0) is 61.9. The maximum atomic E-state index is 15.1. The summed E-state index contributed by atoms with van der Waals surface area (Å²) in [5.41, 5.74) is 13.3. The van der Waals surface area contributed by atoms with Crippen molar-refractivity contribution in [3.8, 4) is 0 Å². The summed E-state index contributed by atoms with van der Waals surface area (Å²) >= 11 is 0. The third-order valence-corrected chi connectivity index (χ3v) is 16.5. The van der Waals surface area contributed by atoms with Crippen molar-refractivity contribution in [1.82, 2.24) is 41.1 Å². The summed E-state index contributed by atoms with van der Waals surface area (Å²) in [7, 11) is 0. The van der Waals surface area contributed by atoms with Gasteiger partial charge in [-0.2, -0.15) is 0 Å². The average molecular weight is 1170 g/mol. The third-order valence-electron chi connectivity index (χ3n) is 16.5. The molecule has 0 aromatic heterocycles. The van der Waals surface area contributed by atoms with Gasteiger partial charge in [-0.05, 0) is 112 Å². The molecule has 5 rings (SSSR count). The van der Waals surface area contributed by atoms with Gasteiger partial charge in [-0.15, -0.1) is 0 Å². The number of rotatable bonds is 16. The summed E-state index contributed by atoms with van der Waals surface area (Å²) in [6, 6.07) is 8.14. The molecule has 0 bridgehead atoms. The molecule has 22 heteroatoms. The van der Waals surface area contributed by atoms with Gasteiger partial charge >= 0.3 is 0 Å². The van der Waals surface area contributed by atoms with E-state index in [0.29, 0.717) is 30.4 Å². The lowest BCUT2D eigenvalue weighted by Gasteiger charge is -2.36. The van der Waals surface area contributed by atoms with E-state index >= 15 is 4.79 Å². The maximum Gasteiger partial charge on any atom is 0.260 e. The second kappa shape index (κ2) is 32.6. The van der Waals surface area contributed by atoms with E-state index in [-0.39, 0.29) is 109 Å². The van der Waals surface area contributed by atoms with Gasteiger partial charge in [-0.3, -0.25) is 58.0 Å². The summed E-state index contributed by atoms with van der Waals surface area (Å²) in [4.78, 5) is 150. The molecule has 0 radical (unpaired) electrons. The van der Waals surface area contributed by atoms with Gasteiger partial charge in [0, 0.05) is 50.6 Å². The molecule has 84 heavy (non-hydrogen) atoms. The Balaban J connectivity index is 1.62. The number of carbonyl (C=O) groups is 10. The van der Waals surface area contributed by atoms with Crippen LogP contribution in [0.1, 0.15) is 144 Å². The Hall–Kier alpha value is -6.62. The van der Waals surface area contributed by atoms with Gasteiger partial charge in [0.05, 0.1) is 12.1 Å². The van der Waals surface area contributed by atoms with Crippen LogP contribution in [-0.4, -0.2) is 153 Å². The molecule has 0 unspecified atom stereocenters. The molecule has 10 atom stereocenters. The highest BCUT2D eigenvalue weighted by Crippen LogP contribution is 2.28. The maximum absolute atomic E-state index is 15.1. The number of fused-ring (bicyclic) bond motifs is 2. The van der Waals surface area contributed by atoms with Gasteiger partial charge < -0.3 is 42.5 Å². The van der Waals surface area contributed by atoms with E-state index < -0.39 is 131 Å². The lowest BCUT2D eigenvalue weighted by molar-refractivity contribution is -0.151. The van der Waals surface area contributed by atoms with Crippen LogP contribution >= 0.6 is 0 Å². The van der Waals surface area contributed by atoms with Crippen LogP contribution in [0.25, 0.3) is 0 Å². The van der Waals surface area contributed by atoms with E-state index in [9.17, 15) is 43.2 Å². The minimum atomic E-state index is -1.42. The molecule has 0 aliphatic carbocycles. The summed E-state index contributed by atoms with van der Waals surface area (Å²) in [5, 5.41) is 13.1. The summed E-state index contributed by atoms with van der Waals surface area (Å²) in [6.07, 6.45) is 1.70. The van der Waals surface area contributed by atoms with Crippen molar-refractivity contribution < 1.29 is 47.9 Å². The largest absolute Gasteiger partial charge is 0.346 e. The first kappa shape index (κ1) is 68.2. The lowest BCUT2D eigenvalue weighted by Crippen LogP contribution is -2.64. The molecule has 22 nitrogen and oxygen atoms in total. The smallest absolute Gasteiger partial charge is 0.260 e. The molecular formula is C62H96N12O10. The number of nitrogens with one attached hydrogen (secondary N) is 4. The molecule has 3 saturated heterocycles. The number of benzene rings is 2. The number of hydrogen-bond acceptors (Lipinski definition) is 14. The molecule has 2 aromatic rings. The first-order chi connectivity index (χ1) is 39.9. The Morgan fingerprint density at radius 1 is 0.488 bits per heavy atom. The average Bonchev–Trinajstić information content (AvgIpc) is 4.06. The second-order valence-corrected chi connectivity index (χ2v) is 24.7. The monoisotopic (exact) mass is 1170 g/mol. The first-order valence-electron chi connectivity index (χ1n) is 30.4. The van der Waals surface area contributed by atoms with Gasteiger partial charge in [0.2, 0.25) is 35.4 Å². The van der Waals surface area contributed by atoms with E-state index in [4.69, 9.17) is 23.2 Å². The minimum Gasteiger partial charge on any atom is -0.346 e. The van der Waals surface area contributed by atoms with Crippen LogP contribution in [0.3, 0.4) is 0 Å². The van der Waals surface area contributed by atoms with Crippen molar-refractivity contribution in [2.24, 2.45) is 58.7 Å². The fraction of sp³-hybridized carbons (Fsp3) is 0.645. The van der Waals surface area contributed by atoms with Crippen LogP contribution < -0.4 is 44.4 Å². The molecule has 12 N–H and O–H groups in total. The zero-order valence-corrected chi connectivity index (χ0v) is 50.8. The van der Waals surface area contributed by atoms with Gasteiger partial charge in [-0.1, -0.05) is 116 Å². The van der Waals surface area contributed by atoms with Crippen LogP contribution in [0.2, 0.25) is 0 Å². The number of nitrogens with two attached hydrogens (primary N) is 4.